The molecule has 0 spiro atoms. The molecule has 0 radical (unpaired) electrons. The summed E-state index contributed by atoms with van der Waals surface area (Å²) in [5.74, 6) is 0.0138. The lowest BCUT2D eigenvalue weighted by Gasteiger charge is -2.39. The minimum atomic E-state index is -0.904. The molecule has 1 saturated heterocycles. The maximum Gasteiger partial charge on any atom is 0.246 e. The van der Waals surface area contributed by atoms with E-state index in [2.05, 4.69) is 5.32 Å². The number of hydrogen-bond donors (Lipinski definition) is 1. The molecule has 0 aromatic rings. The number of nitrogens with one attached hydrogen (secondary N) is 1. The number of nitrogens with zero attached hydrogens (tertiary/aromatic N) is 1. The first-order valence-corrected chi connectivity index (χ1v) is 8.84. The molecule has 1 rings (SSSR count). The van der Waals surface area contributed by atoms with Crippen LogP contribution in [-0.4, -0.2) is 51.1 Å². The van der Waals surface area contributed by atoms with Crippen LogP contribution in [-0.2, 0) is 20.4 Å². The van der Waals surface area contributed by atoms with Crippen molar-refractivity contribution < 1.29 is 13.8 Å². The van der Waals surface area contributed by atoms with Gasteiger partial charge in [0.15, 0.2) is 0 Å². The Hall–Kier alpha value is -0.910. The molecule has 0 aliphatic carbocycles. The zero-order valence-electron chi connectivity index (χ0n) is 13.0. The fraction of sp³-hybridized carbons (Fsp3) is 0.857. The molecule has 5 nitrogen and oxygen atoms in total. The van der Waals surface area contributed by atoms with Crippen molar-refractivity contribution in [2.24, 2.45) is 5.92 Å². The summed E-state index contributed by atoms with van der Waals surface area (Å²) in [6, 6.07) is -0.869. The van der Waals surface area contributed by atoms with Crippen molar-refractivity contribution in [2.75, 3.05) is 12.8 Å². The minimum absolute atomic E-state index is 0.0134. The summed E-state index contributed by atoms with van der Waals surface area (Å²) in [5.41, 5.74) is 0. The van der Waals surface area contributed by atoms with Crippen LogP contribution in [0.25, 0.3) is 0 Å². The highest BCUT2D eigenvalue weighted by Gasteiger charge is 2.39. The van der Waals surface area contributed by atoms with E-state index in [9.17, 15) is 13.8 Å². The maximum atomic E-state index is 12.5. The predicted molar refractivity (Wildman–Crippen MR) is 80.7 cm³/mol. The van der Waals surface area contributed by atoms with Crippen molar-refractivity contribution in [1.29, 1.82) is 0 Å². The number of amides is 2. The highest BCUT2D eigenvalue weighted by molar-refractivity contribution is 7.84. The van der Waals surface area contributed by atoms with Gasteiger partial charge in [0.1, 0.15) is 12.1 Å². The van der Waals surface area contributed by atoms with Gasteiger partial charge in [0, 0.05) is 28.9 Å². The summed E-state index contributed by atoms with van der Waals surface area (Å²) in [4.78, 5) is 26.1. The number of carbonyl (C=O) groups is 2. The summed E-state index contributed by atoms with van der Waals surface area (Å²) >= 11 is 0. The van der Waals surface area contributed by atoms with Crippen LogP contribution in [0.3, 0.4) is 0 Å². The maximum absolute atomic E-state index is 12.5. The van der Waals surface area contributed by atoms with Crippen LogP contribution in [0.15, 0.2) is 0 Å². The fourth-order valence-corrected chi connectivity index (χ4v) is 2.70. The first-order chi connectivity index (χ1) is 9.29. The van der Waals surface area contributed by atoms with Crippen LogP contribution in [0.1, 0.15) is 40.5 Å². The monoisotopic (exact) mass is 302 g/mol. The number of rotatable bonds is 6. The smallest absolute Gasteiger partial charge is 0.246 e. The lowest BCUT2D eigenvalue weighted by Crippen LogP contribution is -2.64. The second kappa shape index (κ2) is 7.20. The second-order valence-corrected chi connectivity index (χ2v) is 7.48. The average Bonchev–Trinajstić information content (AvgIpc) is 2.41. The molecule has 116 valence electrons. The molecule has 1 heterocycles. The van der Waals surface area contributed by atoms with Gasteiger partial charge in [-0.25, -0.2) is 0 Å². The summed E-state index contributed by atoms with van der Waals surface area (Å²) in [7, 11) is -0.904. The van der Waals surface area contributed by atoms with E-state index in [0.717, 1.165) is 6.42 Å². The van der Waals surface area contributed by atoms with Crippen LogP contribution < -0.4 is 5.32 Å². The van der Waals surface area contributed by atoms with E-state index in [4.69, 9.17) is 0 Å². The average molecular weight is 302 g/mol. The highest BCUT2D eigenvalue weighted by atomic mass is 32.2. The topological polar surface area (TPSA) is 66.5 Å². The summed E-state index contributed by atoms with van der Waals surface area (Å²) < 4.78 is 11.4. The number of hydrogen-bond acceptors (Lipinski definition) is 3. The molecule has 1 N–H and O–H groups in total. The Morgan fingerprint density at radius 1 is 1.35 bits per heavy atom. The Bertz CT molecular complexity index is 400. The predicted octanol–water partition coefficient (Wildman–Crippen LogP) is 0.905. The molecule has 1 aliphatic heterocycles. The standard InChI is InChI=1S/C14H26N2O3S/c1-6-9(2)12-14(18)16(11(4)13(17)15-12)8-7-10(3)20(5)19/h9-12H,6-8H2,1-5H3,(H,15,17). The third-order valence-electron chi connectivity index (χ3n) is 4.25. The van der Waals surface area contributed by atoms with Crippen molar-refractivity contribution >= 4 is 22.6 Å². The first kappa shape index (κ1) is 17.1. The molecule has 0 bridgehead atoms. The van der Waals surface area contributed by atoms with E-state index in [0.29, 0.717) is 13.0 Å². The molecule has 0 saturated carbocycles. The van der Waals surface area contributed by atoms with Gasteiger partial charge in [0.25, 0.3) is 0 Å². The molecule has 20 heavy (non-hydrogen) atoms. The molecular weight excluding hydrogens is 276 g/mol. The van der Waals surface area contributed by atoms with Crippen molar-refractivity contribution in [2.45, 2.75) is 57.9 Å². The van der Waals surface area contributed by atoms with Gasteiger partial charge in [0.05, 0.1) is 0 Å². The van der Waals surface area contributed by atoms with E-state index in [1.54, 1.807) is 18.1 Å². The van der Waals surface area contributed by atoms with Gasteiger partial charge in [-0.15, -0.1) is 0 Å². The highest BCUT2D eigenvalue weighted by Crippen LogP contribution is 2.18. The Balaban J connectivity index is 2.78. The molecule has 1 aliphatic rings. The lowest BCUT2D eigenvalue weighted by atomic mass is 9.94. The van der Waals surface area contributed by atoms with Gasteiger partial charge in [0.2, 0.25) is 11.8 Å². The van der Waals surface area contributed by atoms with Gasteiger partial charge in [-0.05, 0) is 19.3 Å². The first-order valence-electron chi connectivity index (χ1n) is 7.22. The summed E-state index contributed by atoms with van der Waals surface area (Å²) in [5, 5.41) is 2.85. The molecule has 0 aromatic carbocycles. The largest absolute Gasteiger partial charge is 0.342 e. The van der Waals surface area contributed by atoms with Crippen molar-refractivity contribution in [3.8, 4) is 0 Å². The third-order valence-corrected chi connectivity index (χ3v) is 5.62. The van der Waals surface area contributed by atoms with Crippen molar-refractivity contribution in [1.82, 2.24) is 10.2 Å². The van der Waals surface area contributed by atoms with E-state index in [-0.39, 0.29) is 23.0 Å². The van der Waals surface area contributed by atoms with Gasteiger partial charge >= 0.3 is 0 Å². The Kier molecular flexibility index (Phi) is 6.17. The molecule has 5 atom stereocenters. The number of carbonyl (C=O) groups excluding carboxylic acids is 2. The molecule has 6 heteroatoms. The van der Waals surface area contributed by atoms with Crippen LogP contribution in [0.5, 0.6) is 0 Å². The van der Waals surface area contributed by atoms with Gasteiger partial charge in [-0.1, -0.05) is 27.2 Å². The van der Waals surface area contributed by atoms with Crippen LogP contribution in [0.4, 0.5) is 0 Å². The minimum Gasteiger partial charge on any atom is -0.342 e. The Morgan fingerprint density at radius 3 is 2.45 bits per heavy atom. The van der Waals surface area contributed by atoms with Crippen LogP contribution >= 0.6 is 0 Å². The van der Waals surface area contributed by atoms with Crippen molar-refractivity contribution in [3.05, 3.63) is 0 Å². The molecular formula is C14H26N2O3S. The fourth-order valence-electron chi connectivity index (χ4n) is 2.26. The molecule has 0 aromatic heterocycles. The quantitative estimate of drug-likeness (QED) is 0.793. The zero-order chi connectivity index (χ0) is 15.4. The summed E-state index contributed by atoms with van der Waals surface area (Å²) in [6.07, 6.45) is 3.16. The van der Waals surface area contributed by atoms with Gasteiger partial charge in [-0.2, -0.15) is 0 Å². The zero-order valence-corrected chi connectivity index (χ0v) is 13.8. The van der Waals surface area contributed by atoms with E-state index in [1.165, 1.54) is 0 Å². The summed E-state index contributed by atoms with van der Waals surface area (Å²) in [6.45, 7) is 8.12. The van der Waals surface area contributed by atoms with E-state index >= 15 is 0 Å². The van der Waals surface area contributed by atoms with Gasteiger partial charge < -0.3 is 10.2 Å². The van der Waals surface area contributed by atoms with Crippen LogP contribution in [0.2, 0.25) is 0 Å². The van der Waals surface area contributed by atoms with Crippen LogP contribution in [0, 0.1) is 5.92 Å². The number of piperazine rings is 1. The SMILES string of the molecule is CCC(C)C1NC(=O)C(C)N(CCC(C)S(C)=O)C1=O. The molecule has 1 fully saturated rings. The van der Waals surface area contributed by atoms with E-state index in [1.807, 2.05) is 20.8 Å². The van der Waals surface area contributed by atoms with Gasteiger partial charge in [-0.3, -0.25) is 13.8 Å². The molecule has 2 amide bonds. The van der Waals surface area contributed by atoms with E-state index < -0.39 is 22.9 Å². The molecule has 5 unspecified atom stereocenters. The third kappa shape index (κ3) is 3.81. The lowest BCUT2D eigenvalue weighted by molar-refractivity contribution is -0.150. The second-order valence-electron chi connectivity index (χ2n) is 5.68. The Morgan fingerprint density at radius 2 is 1.95 bits per heavy atom. The normalized spacial score (nSPS) is 27.9. The van der Waals surface area contributed by atoms with Crippen molar-refractivity contribution in [3.63, 3.8) is 0 Å². The Labute approximate surface area is 123 Å².